The van der Waals surface area contributed by atoms with Gasteiger partial charge in [-0.3, -0.25) is 9.59 Å². The molecule has 0 aliphatic carbocycles. The summed E-state index contributed by atoms with van der Waals surface area (Å²) in [5.41, 5.74) is 3.51. The van der Waals surface area contributed by atoms with Crippen LogP contribution < -0.4 is 15.0 Å². The lowest BCUT2D eigenvalue weighted by Gasteiger charge is -2.34. The normalized spacial score (nSPS) is 15.5. The van der Waals surface area contributed by atoms with Gasteiger partial charge < -0.3 is 19.4 Å². The lowest BCUT2D eigenvalue weighted by Crippen LogP contribution is -2.51. The molecule has 0 fully saturated rings. The molecule has 6 heteroatoms. The van der Waals surface area contributed by atoms with Crippen LogP contribution in [0.2, 0.25) is 0 Å². The van der Waals surface area contributed by atoms with E-state index in [0.717, 1.165) is 29.4 Å². The minimum atomic E-state index is -0.733. The summed E-state index contributed by atoms with van der Waals surface area (Å²) in [6.45, 7) is 4.85. The lowest BCUT2D eigenvalue weighted by atomic mass is 10.1. The molecule has 2 aromatic carbocycles. The molecule has 6 nitrogen and oxygen atoms in total. The zero-order valence-corrected chi connectivity index (χ0v) is 17.3. The summed E-state index contributed by atoms with van der Waals surface area (Å²) in [6, 6.07) is 13.4. The van der Waals surface area contributed by atoms with E-state index in [2.05, 4.69) is 18.3 Å². The number of amides is 2. The van der Waals surface area contributed by atoms with Crippen molar-refractivity contribution in [2.75, 3.05) is 18.0 Å². The highest BCUT2D eigenvalue weighted by Crippen LogP contribution is 2.34. The second kappa shape index (κ2) is 8.61. The maximum absolute atomic E-state index is 13.3. The topological polar surface area (TPSA) is 71.8 Å². The predicted molar refractivity (Wildman–Crippen MR) is 116 cm³/mol. The van der Waals surface area contributed by atoms with E-state index in [4.69, 9.17) is 9.15 Å². The number of rotatable bonds is 6. The Hall–Kier alpha value is -3.28. The molecule has 0 saturated carbocycles. The quantitative estimate of drug-likeness (QED) is 0.675. The maximum atomic E-state index is 13.3. The van der Waals surface area contributed by atoms with Gasteiger partial charge in [0.2, 0.25) is 5.91 Å². The van der Waals surface area contributed by atoms with Crippen molar-refractivity contribution in [3.8, 4) is 5.75 Å². The van der Waals surface area contributed by atoms with Crippen LogP contribution in [0.1, 0.15) is 31.4 Å². The third kappa shape index (κ3) is 3.90. The number of nitrogens with zero attached hydrogens (tertiary/aromatic N) is 1. The average molecular weight is 406 g/mol. The fraction of sp³-hybridized carbons (Fsp3) is 0.333. The van der Waals surface area contributed by atoms with Crippen LogP contribution in [-0.2, 0) is 22.4 Å². The number of carbonyl (C=O) groups excluding carboxylic acids is 2. The molecule has 1 aliphatic heterocycles. The summed E-state index contributed by atoms with van der Waals surface area (Å²) in [4.78, 5) is 27.4. The summed E-state index contributed by atoms with van der Waals surface area (Å²) >= 11 is 0. The third-order valence-electron chi connectivity index (χ3n) is 5.39. The number of benzene rings is 2. The second-order valence-electron chi connectivity index (χ2n) is 7.49. The first-order chi connectivity index (χ1) is 14.6. The Morgan fingerprint density at radius 1 is 1.17 bits per heavy atom. The van der Waals surface area contributed by atoms with Gasteiger partial charge in [-0.15, -0.1) is 0 Å². The Morgan fingerprint density at radius 3 is 2.80 bits per heavy atom. The molecule has 30 heavy (non-hydrogen) atoms. The smallest absolute Gasteiger partial charge is 0.262 e. The van der Waals surface area contributed by atoms with Gasteiger partial charge in [-0.2, -0.15) is 0 Å². The van der Waals surface area contributed by atoms with Crippen LogP contribution in [0, 0.1) is 0 Å². The van der Waals surface area contributed by atoms with Crippen LogP contribution >= 0.6 is 0 Å². The van der Waals surface area contributed by atoms with Gasteiger partial charge in [0.15, 0.2) is 6.10 Å². The van der Waals surface area contributed by atoms with Crippen LogP contribution in [0.4, 0.5) is 5.69 Å². The predicted octanol–water partition coefficient (Wildman–Crippen LogP) is 3.86. The molecule has 1 aliphatic rings. The molecule has 156 valence electrons. The molecule has 1 aromatic heterocycles. The van der Waals surface area contributed by atoms with Crippen molar-refractivity contribution >= 4 is 28.5 Å². The number of para-hydroxylation sites is 2. The van der Waals surface area contributed by atoms with E-state index in [1.165, 1.54) is 5.56 Å². The highest BCUT2D eigenvalue weighted by atomic mass is 16.5. The van der Waals surface area contributed by atoms with Gasteiger partial charge >= 0.3 is 0 Å². The van der Waals surface area contributed by atoms with Gasteiger partial charge in [0.05, 0.1) is 24.9 Å². The van der Waals surface area contributed by atoms with Crippen LogP contribution in [0.15, 0.2) is 53.1 Å². The highest BCUT2D eigenvalue weighted by Gasteiger charge is 2.33. The molecule has 0 radical (unpaired) electrons. The summed E-state index contributed by atoms with van der Waals surface area (Å²) in [6.07, 6.45) is 2.88. The van der Waals surface area contributed by atoms with Gasteiger partial charge in [-0.1, -0.05) is 38.1 Å². The van der Waals surface area contributed by atoms with Crippen molar-refractivity contribution in [1.82, 2.24) is 5.32 Å². The van der Waals surface area contributed by atoms with E-state index >= 15 is 0 Å². The maximum Gasteiger partial charge on any atom is 0.262 e. The number of aryl methyl sites for hydroxylation is 1. The van der Waals surface area contributed by atoms with Crippen molar-refractivity contribution in [3.63, 3.8) is 0 Å². The van der Waals surface area contributed by atoms with E-state index < -0.39 is 6.10 Å². The van der Waals surface area contributed by atoms with E-state index in [-0.39, 0.29) is 24.8 Å². The summed E-state index contributed by atoms with van der Waals surface area (Å²) < 4.78 is 11.6. The van der Waals surface area contributed by atoms with Gasteiger partial charge in [0, 0.05) is 17.5 Å². The van der Waals surface area contributed by atoms with Crippen LogP contribution in [0.3, 0.4) is 0 Å². The molecule has 2 heterocycles. The van der Waals surface area contributed by atoms with Gasteiger partial charge in [-0.25, -0.2) is 0 Å². The number of ether oxygens (including phenoxy) is 1. The van der Waals surface area contributed by atoms with E-state index in [0.29, 0.717) is 18.0 Å². The average Bonchev–Trinajstić information content (AvgIpc) is 3.18. The number of anilines is 1. The molecule has 1 atom stereocenters. The van der Waals surface area contributed by atoms with Crippen LogP contribution in [0.25, 0.3) is 11.0 Å². The monoisotopic (exact) mass is 406 g/mol. The minimum Gasteiger partial charge on any atom is -0.477 e. The van der Waals surface area contributed by atoms with Crippen molar-refractivity contribution in [2.45, 2.75) is 39.2 Å². The summed E-state index contributed by atoms with van der Waals surface area (Å²) in [7, 11) is 0. The highest BCUT2D eigenvalue weighted by molar-refractivity contribution is 6.00. The number of fused-ring (bicyclic) bond motifs is 2. The Labute approximate surface area is 175 Å². The first-order valence-electron chi connectivity index (χ1n) is 10.4. The zero-order valence-electron chi connectivity index (χ0n) is 17.3. The number of carbonyl (C=O) groups is 2. The molecule has 3 aromatic rings. The first kappa shape index (κ1) is 20.0. The molecular weight excluding hydrogens is 380 g/mol. The Bertz CT molecular complexity index is 1070. The summed E-state index contributed by atoms with van der Waals surface area (Å²) in [5, 5.41) is 3.80. The van der Waals surface area contributed by atoms with E-state index in [9.17, 15) is 9.59 Å². The third-order valence-corrected chi connectivity index (χ3v) is 5.39. The zero-order chi connectivity index (χ0) is 21.1. The van der Waals surface area contributed by atoms with Gasteiger partial charge in [0.1, 0.15) is 11.3 Å². The fourth-order valence-electron chi connectivity index (χ4n) is 3.71. The Kier molecular flexibility index (Phi) is 5.74. The molecule has 4 rings (SSSR count). The van der Waals surface area contributed by atoms with E-state index in [1.54, 1.807) is 17.2 Å². The Balaban J connectivity index is 1.58. The van der Waals surface area contributed by atoms with Crippen molar-refractivity contribution in [2.24, 2.45) is 0 Å². The molecule has 0 unspecified atom stereocenters. The molecule has 1 N–H and O–H groups in total. The van der Waals surface area contributed by atoms with Crippen LogP contribution in [-0.4, -0.2) is 31.0 Å². The van der Waals surface area contributed by atoms with Gasteiger partial charge in [-0.05, 0) is 36.6 Å². The first-order valence-corrected chi connectivity index (χ1v) is 10.4. The second-order valence-corrected chi connectivity index (χ2v) is 7.49. The van der Waals surface area contributed by atoms with Crippen molar-refractivity contribution in [1.29, 1.82) is 0 Å². The molecule has 0 bridgehead atoms. The standard InChI is InChI=1S/C24H26N2O4/c1-3-11-25-24(28)22-14-26(19-7-5-6-8-20(19)30-22)23(27)13-17-15-29-21-12-16(4-2)9-10-18(17)21/h5-10,12,15,22H,3-4,11,13-14H2,1-2H3,(H,25,28)/t22-/m0/s1. The molecule has 0 saturated heterocycles. The fourth-order valence-corrected chi connectivity index (χ4v) is 3.71. The Morgan fingerprint density at radius 2 is 2.00 bits per heavy atom. The lowest BCUT2D eigenvalue weighted by molar-refractivity contribution is -0.128. The van der Waals surface area contributed by atoms with E-state index in [1.807, 2.05) is 37.3 Å². The van der Waals surface area contributed by atoms with Crippen molar-refractivity contribution < 1.29 is 18.7 Å². The number of hydrogen-bond acceptors (Lipinski definition) is 4. The number of hydrogen-bond donors (Lipinski definition) is 1. The van der Waals surface area contributed by atoms with Crippen molar-refractivity contribution in [3.05, 3.63) is 59.9 Å². The number of furan rings is 1. The SMILES string of the molecule is CCCNC(=O)[C@@H]1CN(C(=O)Cc2coc3cc(CC)ccc23)c2ccccc2O1. The minimum absolute atomic E-state index is 0.0960. The number of nitrogens with one attached hydrogen (secondary N) is 1. The molecule has 0 spiro atoms. The summed E-state index contributed by atoms with van der Waals surface area (Å²) in [5.74, 6) is 0.240. The molecular formula is C24H26N2O4. The van der Waals surface area contributed by atoms with Crippen LogP contribution in [0.5, 0.6) is 5.75 Å². The largest absolute Gasteiger partial charge is 0.477 e. The molecule has 2 amide bonds. The van der Waals surface area contributed by atoms with Gasteiger partial charge in [0.25, 0.3) is 5.91 Å².